The van der Waals surface area contributed by atoms with Crippen LogP contribution in [-0.2, 0) is 4.79 Å². The van der Waals surface area contributed by atoms with Crippen molar-refractivity contribution in [3.05, 3.63) is 65.2 Å². The third-order valence-electron chi connectivity index (χ3n) is 3.45. The average molecular weight is 293 g/mol. The fraction of sp³-hybridized carbons (Fsp3) is 0.111. The number of hydrogen-bond acceptors (Lipinski definition) is 3. The van der Waals surface area contributed by atoms with Crippen molar-refractivity contribution >= 4 is 23.5 Å². The molecule has 0 aromatic heterocycles. The minimum Gasteiger partial charge on any atom is -0.493 e. The fourth-order valence-electron chi connectivity index (χ4n) is 2.46. The van der Waals surface area contributed by atoms with Crippen molar-refractivity contribution in [1.29, 1.82) is 0 Å². The molecule has 1 N–H and O–H groups in total. The van der Waals surface area contributed by atoms with Gasteiger partial charge in [0.1, 0.15) is 5.75 Å². The molecule has 0 unspecified atom stereocenters. The lowest BCUT2D eigenvalue weighted by atomic mass is 9.93. The zero-order chi connectivity index (χ0) is 15.5. The van der Waals surface area contributed by atoms with E-state index in [4.69, 9.17) is 4.74 Å². The molecule has 2 aromatic rings. The third-order valence-corrected chi connectivity index (χ3v) is 3.45. The van der Waals surface area contributed by atoms with E-state index in [2.05, 4.69) is 5.32 Å². The smallest absolute Gasteiger partial charge is 0.258 e. The van der Waals surface area contributed by atoms with Crippen LogP contribution in [-0.4, -0.2) is 18.4 Å². The Morgan fingerprint density at radius 3 is 2.41 bits per heavy atom. The number of fused-ring (bicyclic) bond motifs is 1. The standard InChI is InChI=1S/C18H15NO3/c1-2-22-16-10-6-3-7-12(16)11-15-13-8-4-5-9-14(13)17(20)19-18(15)21/h3-11H,2H2,1H3,(H,19,20,21)/b15-11+. The lowest BCUT2D eigenvalue weighted by molar-refractivity contribution is -0.114. The summed E-state index contributed by atoms with van der Waals surface area (Å²) in [7, 11) is 0. The summed E-state index contributed by atoms with van der Waals surface area (Å²) in [6.45, 7) is 2.45. The number of amides is 2. The highest BCUT2D eigenvalue weighted by Crippen LogP contribution is 2.29. The van der Waals surface area contributed by atoms with Crippen LogP contribution in [0.5, 0.6) is 5.75 Å². The highest BCUT2D eigenvalue weighted by atomic mass is 16.5. The van der Waals surface area contributed by atoms with Gasteiger partial charge in [0, 0.05) is 16.7 Å². The van der Waals surface area contributed by atoms with Crippen LogP contribution in [0.15, 0.2) is 48.5 Å². The van der Waals surface area contributed by atoms with Crippen LogP contribution in [0.2, 0.25) is 0 Å². The lowest BCUT2D eigenvalue weighted by Gasteiger charge is -2.18. The first-order chi connectivity index (χ1) is 10.7. The van der Waals surface area contributed by atoms with E-state index in [0.29, 0.717) is 29.1 Å². The van der Waals surface area contributed by atoms with E-state index >= 15 is 0 Å². The second-order valence-electron chi connectivity index (χ2n) is 4.86. The maximum Gasteiger partial charge on any atom is 0.258 e. The number of carbonyl (C=O) groups is 2. The van der Waals surface area contributed by atoms with Crippen LogP contribution < -0.4 is 10.1 Å². The van der Waals surface area contributed by atoms with Crippen LogP contribution in [0.3, 0.4) is 0 Å². The Morgan fingerprint density at radius 2 is 1.64 bits per heavy atom. The van der Waals surface area contributed by atoms with E-state index in [1.807, 2.05) is 37.3 Å². The molecule has 0 saturated heterocycles. The van der Waals surface area contributed by atoms with Gasteiger partial charge in [0.2, 0.25) is 0 Å². The molecule has 1 aliphatic heterocycles. The van der Waals surface area contributed by atoms with E-state index < -0.39 is 5.91 Å². The normalized spacial score (nSPS) is 15.4. The number of nitrogens with one attached hydrogen (secondary N) is 1. The first-order valence-corrected chi connectivity index (χ1v) is 7.09. The van der Waals surface area contributed by atoms with Gasteiger partial charge in [-0.2, -0.15) is 0 Å². The molecule has 2 aromatic carbocycles. The Hall–Kier alpha value is -2.88. The van der Waals surface area contributed by atoms with Crippen molar-refractivity contribution in [2.75, 3.05) is 6.61 Å². The molecule has 22 heavy (non-hydrogen) atoms. The molecule has 0 bridgehead atoms. The molecule has 0 radical (unpaired) electrons. The molecule has 0 aliphatic carbocycles. The molecule has 110 valence electrons. The summed E-state index contributed by atoms with van der Waals surface area (Å²) in [6, 6.07) is 14.6. The van der Waals surface area contributed by atoms with Crippen LogP contribution in [0.25, 0.3) is 11.6 Å². The maximum atomic E-state index is 12.2. The summed E-state index contributed by atoms with van der Waals surface area (Å²) in [5.74, 6) is -0.0504. The molecule has 2 amide bonds. The molecule has 3 rings (SSSR count). The molecule has 1 heterocycles. The Morgan fingerprint density at radius 1 is 0.955 bits per heavy atom. The Bertz CT molecular complexity index is 777. The Kier molecular flexibility index (Phi) is 3.74. The number of ether oxygens (including phenoxy) is 1. The summed E-state index contributed by atoms with van der Waals surface area (Å²) in [4.78, 5) is 24.1. The highest BCUT2D eigenvalue weighted by Gasteiger charge is 2.26. The quantitative estimate of drug-likeness (QED) is 0.699. The van der Waals surface area contributed by atoms with Gasteiger partial charge >= 0.3 is 0 Å². The first kappa shape index (κ1) is 14.1. The highest BCUT2D eigenvalue weighted by molar-refractivity contribution is 6.34. The molecule has 0 fully saturated rings. The summed E-state index contributed by atoms with van der Waals surface area (Å²) >= 11 is 0. The van der Waals surface area contributed by atoms with Gasteiger partial charge in [-0.1, -0.05) is 36.4 Å². The first-order valence-electron chi connectivity index (χ1n) is 7.09. The number of carbonyl (C=O) groups excluding carboxylic acids is 2. The summed E-state index contributed by atoms with van der Waals surface area (Å²) in [5.41, 5.74) is 2.41. The van der Waals surface area contributed by atoms with Gasteiger partial charge in [-0.05, 0) is 30.7 Å². The summed E-state index contributed by atoms with van der Waals surface area (Å²) < 4.78 is 5.58. The minimum absolute atomic E-state index is 0.365. The molecular weight excluding hydrogens is 278 g/mol. The molecule has 0 saturated carbocycles. The van der Waals surface area contributed by atoms with Gasteiger partial charge in [-0.3, -0.25) is 14.9 Å². The average Bonchev–Trinajstić information content (AvgIpc) is 2.53. The summed E-state index contributed by atoms with van der Waals surface area (Å²) in [5, 5.41) is 2.37. The van der Waals surface area contributed by atoms with E-state index in [-0.39, 0.29) is 5.91 Å². The third kappa shape index (κ3) is 2.51. The second-order valence-corrected chi connectivity index (χ2v) is 4.86. The fourth-order valence-corrected chi connectivity index (χ4v) is 2.46. The van der Waals surface area contributed by atoms with Gasteiger partial charge < -0.3 is 4.74 Å². The van der Waals surface area contributed by atoms with Crippen molar-refractivity contribution < 1.29 is 14.3 Å². The van der Waals surface area contributed by atoms with Gasteiger partial charge in [0.25, 0.3) is 11.8 Å². The van der Waals surface area contributed by atoms with Crippen LogP contribution in [0.4, 0.5) is 0 Å². The topological polar surface area (TPSA) is 55.4 Å². The van der Waals surface area contributed by atoms with Gasteiger partial charge in [0.05, 0.1) is 6.61 Å². The van der Waals surface area contributed by atoms with E-state index in [1.54, 1.807) is 24.3 Å². The van der Waals surface area contributed by atoms with Crippen molar-refractivity contribution in [1.82, 2.24) is 5.32 Å². The zero-order valence-electron chi connectivity index (χ0n) is 12.1. The predicted octanol–water partition coefficient (Wildman–Crippen LogP) is 2.90. The van der Waals surface area contributed by atoms with Gasteiger partial charge in [0.15, 0.2) is 0 Å². The van der Waals surface area contributed by atoms with Crippen molar-refractivity contribution in [2.24, 2.45) is 0 Å². The monoisotopic (exact) mass is 293 g/mol. The van der Waals surface area contributed by atoms with Crippen molar-refractivity contribution in [3.63, 3.8) is 0 Å². The largest absolute Gasteiger partial charge is 0.493 e. The van der Waals surface area contributed by atoms with Crippen LogP contribution >= 0.6 is 0 Å². The molecule has 0 atom stereocenters. The van der Waals surface area contributed by atoms with Gasteiger partial charge in [-0.15, -0.1) is 0 Å². The minimum atomic E-state index is -0.394. The zero-order valence-corrected chi connectivity index (χ0v) is 12.1. The molecule has 4 nitrogen and oxygen atoms in total. The van der Waals surface area contributed by atoms with E-state index in [1.165, 1.54) is 0 Å². The van der Waals surface area contributed by atoms with Crippen molar-refractivity contribution in [3.8, 4) is 5.75 Å². The Balaban J connectivity index is 2.13. The number of imide groups is 1. The number of benzene rings is 2. The van der Waals surface area contributed by atoms with Crippen LogP contribution in [0.1, 0.15) is 28.4 Å². The maximum absolute atomic E-state index is 12.2. The number of para-hydroxylation sites is 1. The lowest BCUT2D eigenvalue weighted by Crippen LogP contribution is -2.36. The van der Waals surface area contributed by atoms with E-state index in [9.17, 15) is 9.59 Å². The predicted molar refractivity (Wildman–Crippen MR) is 84.4 cm³/mol. The molecule has 1 aliphatic rings. The second kappa shape index (κ2) is 5.85. The van der Waals surface area contributed by atoms with Crippen molar-refractivity contribution in [2.45, 2.75) is 6.92 Å². The SMILES string of the molecule is CCOc1ccccc1/C=C1/C(=O)NC(=O)c2ccccc21. The molecule has 0 spiro atoms. The molecular formula is C18H15NO3. The number of hydrogen-bond donors (Lipinski definition) is 1. The number of rotatable bonds is 3. The Labute approximate surface area is 128 Å². The summed E-state index contributed by atoms with van der Waals surface area (Å²) in [6.07, 6.45) is 1.76. The van der Waals surface area contributed by atoms with Gasteiger partial charge in [-0.25, -0.2) is 0 Å². The van der Waals surface area contributed by atoms with E-state index in [0.717, 1.165) is 5.56 Å². The molecule has 4 heteroatoms. The van der Waals surface area contributed by atoms with Crippen LogP contribution in [0, 0.1) is 0 Å².